The summed E-state index contributed by atoms with van der Waals surface area (Å²) >= 11 is 0. The number of aliphatic carboxylic acids is 1. The first-order valence-electron chi connectivity index (χ1n) is 16.0. The zero-order valence-electron chi connectivity index (χ0n) is 27.2. The molecule has 2 aromatic carbocycles. The fourth-order valence-corrected chi connectivity index (χ4v) is 4.80. The minimum absolute atomic E-state index is 0.131. The van der Waals surface area contributed by atoms with Gasteiger partial charge in [0, 0.05) is 18.7 Å². The van der Waals surface area contributed by atoms with E-state index in [-0.39, 0.29) is 37.5 Å². The molecule has 0 spiro atoms. The third kappa shape index (κ3) is 10.8. The number of anilines is 2. The van der Waals surface area contributed by atoms with E-state index in [9.17, 15) is 29.1 Å². The number of nitrogens with one attached hydrogen (secondary N) is 5. The van der Waals surface area contributed by atoms with Crippen LogP contribution in [0.2, 0.25) is 0 Å². The number of benzene rings is 2. The maximum atomic E-state index is 12.7. The van der Waals surface area contributed by atoms with E-state index >= 15 is 0 Å². The van der Waals surface area contributed by atoms with Crippen molar-refractivity contribution in [2.45, 2.75) is 58.2 Å². The highest BCUT2D eigenvalue weighted by atomic mass is 16.5. The average molecular weight is 676 g/mol. The first kappa shape index (κ1) is 35.9. The minimum Gasteiger partial charge on any atom is -0.480 e. The molecule has 8 N–H and O–H groups in total. The molecule has 0 saturated carbocycles. The Balaban J connectivity index is 1.20. The summed E-state index contributed by atoms with van der Waals surface area (Å²) in [5.74, 6) is -1.94. The van der Waals surface area contributed by atoms with Gasteiger partial charge in [0.2, 0.25) is 11.9 Å². The number of nitrogen functional groups attached to an aromatic ring is 1. The van der Waals surface area contributed by atoms with Crippen LogP contribution >= 0.6 is 0 Å². The standard InChI is InChI=1S/C33H41N9O7/c1-2-3-16-35-31-40-27(34)26-28(41-31)42(32(47)39-26)19-21-12-14-23(15-13-21)29(44)37-18-25(43)38-24(30(45)46)11-7-8-17-36-33(48)49-20-22-9-5-4-6-10-22/h4-6,9-10,12-15,24H,2-3,7-8,11,16-20H2,1H3,(H,36,48)(H,37,44)(H,38,43)(H,39,47)(H,45,46)(H3,34,35,40,41)/t24-/m0/s1. The molecule has 0 bridgehead atoms. The average Bonchev–Trinajstić information content (AvgIpc) is 3.41. The molecule has 4 rings (SSSR count). The highest BCUT2D eigenvalue weighted by Crippen LogP contribution is 2.18. The molecule has 0 radical (unpaired) electrons. The molecule has 0 fully saturated rings. The maximum absolute atomic E-state index is 12.7. The second kappa shape index (κ2) is 17.8. The number of hydrogen-bond acceptors (Lipinski definition) is 10. The lowest BCUT2D eigenvalue weighted by Gasteiger charge is -2.15. The van der Waals surface area contributed by atoms with Crippen molar-refractivity contribution in [1.29, 1.82) is 0 Å². The second-order valence-corrected chi connectivity index (χ2v) is 11.2. The number of ether oxygens (including phenoxy) is 1. The number of hydrogen-bond donors (Lipinski definition) is 7. The van der Waals surface area contributed by atoms with Crippen LogP contribution in [0.5, 0.6) is 0 Å². The molecule has 1 atom stereocenters. The number of rotatable bonds is 18. The summed E-state index contributed by atoms with van der Waals surface area (Å²) in [6, 6.07) is 14.5. The quantitative estimate of drug-likeness (QED) is 0.0756. The van der Waals surface area contributed by atoms with Crippen molar-refractivity contribution in [3.63, 3.8) is 0 Å². The summed E-state index contributed by atoms with van der Waals surface area (Å²) < 4.78 is 6.56. The number of alkyl carbamates (subject to hydrolysis) is 1. The number of aromatic nitrogens is 4. The van der Waals surface area contributed by atoms with Crippen molar-refractivity contribution in [2.24, 2.45) is 0 Å². The van der Waals surface area contributed by atoms with Crippen molar-refractivity contribution in [3.8, 4) is 0 Å². The molecule has 260 valence electrons. The molecule has 3 amide bonds. The topological polar surface area (TPSA) is 235 Å². The van der Waals surface area contributed by atoms with Crippen LogP contribution in [0.25, 0.3) is 11.2 Å². The molecule has 4 aromatic rings. The van der Waals surface area contributed by atoms with Crippen molar-refractivity contribution in [2.75, 3.05) is 30.7 Å². The van der Waals surface area contributed by atoms with Crippen molar-refractivity contribution < 1.29 is 29.0 Å². The number of nitrogens with zero attached hydrogens (tertiary/aromatic N) is 3. The molecule has 0 unspecified atom stereocenters. The summed E-state index contributed by atoms with van der Waals surface area (Å²) in [6.07, 6.45) is 2.35. The normalized spacial score (nSPS) is 11.4. The van der Waals surface area contributed by atoms with Crippen LogP contribution < -0.4 is 32.7 Å². The smallest absolute Gasteiger partial charge is 0.407 e. The maximum Gasteiger partial charge on any atom is 0.407 e. The third-order valence-corrected chi connectivity index (χ3v) is 7.47. The zero-order chi connectivity index (χ0) is 35.2. The fraction of sp³-hybridized carbons (Fsp3) is 0.364. The van der Waals surface area contributed by atoms with E-state index in [1.165, 1.54) is 4.57 Å². The number of unbranched alkanes of at least 4 members (excludes halogenated alkanes) is 2. The highest BCUT2D eigenvalue weighted by Gasteiger charge is 2.20. The first-order chi connectivity index (χ1) is 23.6. The molecular weight excluding hydrogens is 634 g/mol. The van der Waals surface area contributed by atoms with Gasteiger partial charge in [-0.25, -0.2) is 14.4 Å². The highest BCUT2D eigenvalue weighted by molar-refractivity contribution is 5.97. The van der Waals surface area contributed by atoms with Crippen LogP contribution in [-0.2, 0) is 27.5 Å². The summed E-state index contributed by atoms with van der Waals surface area (Å²) in [6.45, 7) is 2.87. The van der Waals surface area contributed by atoms with Gasteiger partial charge in [-0.2, -0.15) is 9.97 Å². The van der Waals surface area contributed by atoms with Gasteiger partial charge in [-0.1, -0.05) is 55.8 Å². The lowest BCUT2D eigenvalue weighted by Crippen LogP contribution is -2.45. The van der Waals surface area contributed by atoms with Crippen LogP contribution in [-0.4, -0.2) is 74.2 Å². The number of H-pyrrole nitrogens is 1. The van der Waals surface area contributed by atoms with E-state index in [0.717, 1.165) is 18.4 Å². The number of carbonyl (C=O) groups excluding carboxylic acids is 3. The summed E-state index contributed by atoms with van der Waals surface area (Å²) in [7, 11) is 0. The Morgan fingerprint density at radius 2 is 1.71 bits per heavy atom. The van der Waals surface area contributed by atoms with Crippen LogP contribution in [0.3, 0.4) is 0 Å². The summed E-state index contributed by atoms with van der Waals surface area (Å²) in [5.41, 5.74) is 8.15. The molecule has 16 heteroatoms. The van der Waals surface area contributed by atoms with Crippen LogP contribution in [0.15, 0.2) is 59.4 Å². The molecule has 16 nitrogen and oxygen atoms in total. The van der Waals surface area contributed by atoms with Crippen LogP contribution in [0, 0.1) is 0 Å². The molecule has 2 heterocycles. The lowest BCUT2D eigenvalue weighted by atomic mass is 10.1. The Hall–Kier alpha value is -5.93. The molecule has 0 aliphatic heterocycles. The Morgan fingerprint density at radius 3 is 2.43 bits per heavy atom. The van der Waals surface area contributed by atoms with Crippen LogP contribution in [0.1, 0.15) is 60.5 Å². The Labute approximate surface area is 281 Å². The largest absolute Gasteiger partial charge is 0.480 e. The number of amides is 3. The molecular formula is C33H41N9O7. The molecule has 2 aromatic heterocycles. The van der Waals surface area contributed by atoms with Crippen molar-refractivity contribution in [1.82, 2.24) is 35.5 Å². The van der Waals surface area contributed by atoms with Gasteiger partial charge in [0.15, 0.2) is 11.5 Å². The van der Waals surface area contributed by atoms with Gasteiger partial charge in [0.1, 0.15) is 18.2 Å². The van der Waals surface area contributed by atoms with E-state index in [1.54, 1.807) is 24.3 Å². The Morgan fingerprint density at radius 1 is 0.959 bits per heavy atom. The SMILES string of the molecule is CCCCNc1nc(N)c2[nH]c(=O)n(Cc3ccc(C(=O)NCC(=O)N[C@@H](CCCCNC(=O)OCc4ccccc4)C(=O)O)cc3)c2n1. The zero-order valence-corrected chi connectivity index (χ0v) is 27.2. The van der Waals surface area contributed by atoms with Gasteiger partial charge >= 0.3 is 17.8 Å². The molecule has 0 aliphatic rings. The van der Waals surface area contributed by atoms with E-state index in [4.69, 9.17) is 10.5 Å². The Kier molecular flexibility index (Phi) is 13.1. The lowest BCUT2D eigenvalue weighted by molar-refractivity contribution is -0.141. The second-order valence-electron chi connectivity index (χ2n) is 11.2. The predicted molar refractivity (Wildman–Crippen MR) is 182 cm³/mol. The first-order valence-corrected chi connectivity index (χ1v) is 16.0. The van der Waals surface area contributed by atoms with E-state index in [1.807, 2.05) is 30.3 Å². The summed E-state index contributed by atoms with van der Waals surface area (Å²) in [5, 5.41) is 20.1. The van der Waals surface area contributed by atoms with E-state index < -0.39 is 42.2 Å². The van der Waals surface area contributed by atoms with Gasteiger partial charge in [-0.05, 0) is 48.9 Å². The van der Waals surface area contributed by atoms with Gasteiger partial charge in [0.25, 0.3) is 5.91 Å². The Bertz CT molecular complexity index is 1790. The monoisotopic (exact) mass is 675 g/mol. The molecule has 0 aliphatic carbocycles. The number of aromatic amines is 1. The van der Waals surface area contributed by atoms with Crippen LogP contribution in [0.4, 0.5) is 16.6 Å². The minimum atomic E-state index is -1.21. The third-order valence-electron chi connectivity index (χ3n) is 7.47. The number of imidazole rings is 1. The van der Waals surface area contributed by atoms with Gasteiger partial charge in [0.05, 0.1) is 13.1 Å². The van der Waals surface area contributed by atoms with E-state index in [0.29, 0.717) is 42.1 Å². The summed E-state index contributed by atoms with van der Waals surface area (Å²) in [4.78, 5) is 72.7. The molecule has 49 heavy (non-hydrogen) atoms. The number of nitrogens with two attached hydrogens (primary N) is 1. The number of carboxylic acid groups (broad SMARTS) is 1. The molecule has 0 saturated heterocycles. The number of carbonyl (C=O) groups is 4. The number of carboxylic acids is 1. The van der Waals surface area contributed by atoms with Gasteiger partial charge in [-0.3, -0.25) is 14.2 Å². The van der Waals surface area contributed by atoms with Gasteiger partial charge in [-0.15, -0.1) is 0 Å². The van der Waals surface area contributed by atoms with Crippen molar-refractivity contribution in [3.05, 3.63) is 81.8 Å². The predicted octanol–water partition coefficient (Wildman–Crippen LogP) is 2.36. The van der Waals surface area contributed by atoms with E-state index in [2.05, 4.69) is 43.1 Å². The fourth-order valence-electron chi connectivity index (χ4n) is 4.80. The van der Waals surface area contributed by atoms with Gasteiger partial charge < -0.3 is 41.8 Å². The number of fused-ring (bicyclic) bond motifs is 1. The van der Waals surface area contributed by atoms with Crippen molar-refractivity contribution >= 4 is 46.8 Å².